The van der Waals surface area contributed by atoms with Crippen molar-refractivity contribution in [3.05, 3.63) is 101 Å². The number of likely N-dealkylation sites (N-methyl/N-ethyl adjacent to an activating group) is 1. The molecule has 7 nitrogen and oxygen atoms in total. The molecule has 3 aromatic rings. The van der Waals surface area contributed by atoms with Crippen molar-refractivity contribution in [1.29, 1.82) is 0 Å². The summed E-state index contributed by atoms with van der Waals surface area (Å²) >= 11 is 0. The average molecular weight is 550 g/mol. The summed E-state index contributed by atoms with van der Waals surface area (Å²) in [4.78, 5) is 28.4. The third kappa shape index (κ3) is 8.68. The van der Waals surface area contributed by atoms with Crippen molar-refractivity contribution in [3.8, 4) is 0 Å². The summed E-state index contributed by atoms with van der Waals surface area (Å²) in [6, 6.07) is 24.2. The Bertz CT molecular complexity index is 1340. The van der Waals surface area contributed by atoms with Crippen LogP contribution in [0.5, 0.6) is 0 Å². The number of aryl methyl sites for hydroxylation is 2. The smallest absolute Gasteiger partial charge is 0.242 e. The van der Waals surface area contributed by atoms with E-state index in [1.54, 1.807) is 24.1 Å². The highest BCUT2D eigenvalue weighted by molar-refractivity contribution is 7.92. The lowest BCUT2D eigenvalue weighted by Crippen LogP contribution is -2.49. The maximum Gasteiger partial charge on any atom is 0.242 e. The van der Waals surface area contributed by atoms with Crippen LogP contribution >= 0.6 is 0 Å². The molecule has 3 aromatic carbocycles. The molecule has 0 heterocycles. The zero-order chi connectivity index (χ0) is 28.4. The van der Waals surface area contributed by atoms with Crippen molar-refractivity contribution in [1.82, 2.24) is 10.2 Å². The van der Waals surface area contributed by atoms with Gasteiger partial charge in [0.2, 0.25) is 21.8 Å². The maximum absolute atomic E-state index is 13.7. The number of rotatable bonds is 13. The van der Waals surface area contributed by atoms with Gasteiger partial charge in [-0.05, 0) is 48.6 Å². The third-order valence-electron chi connectivity index (χ3n) is 6.74. The zero-order valence-corrected chi connectivity index (χ0v) is 24.1. The number of anilines is 1. The first kappa shape index (κ1) is 29.9. The lowest BCUT2D eigenvalue weighted by Gasteiger charge is -2.31. The second-order valence-electron chi connectivity index (χ2n) is 9.79. The molecule has 8 heteroatoms. The van der Waals surface area contributed by atoms with Crippen molar-refractivity contribution in [2.75, 3.05) is 24.2 Å². The van der Waals surface area contributed by atoms with E-state index in [1.807, 2.05) is 80.6 Å². The molecule has 0 aliphatic rings. The highest BCUT2D eigenvalue weighted by Gasteiger charge is 2.30. The predicted molar refractivity (Wildman–Crippen MR) is 157 cm³/mol. The van der Waals surface area contributed by atoms with E-state index in [-0.39, 0.29) is 31.3 Å². The number of nitrogens with one attached hydrogen (secondary N) is 1. The number of hydrogen-bond acceptors (Lipinski definition) is 4. The molecule has 0 radical (unpaired) electrons. The molecule has 0 saturated heterocycles. The Hall–Kier alpha value is -3.65. The Morgan fingerprint density at radius 3 is 2.15 bits per heavy atom. The van der Waals surface area contributed by atoms with Crippen LogP contribution in [0.4, 0.5) is 5.69 Å². The van der Waals surface area contributed by atoms with Crippen LogP contribution in [0.3, 0.4) is 0 Å². The molecule has 3 rings (SSSR count). The molecule has 208 valence electrons. The molecule has 0 aliphatic heterocycles. The fourth-order valence-corrected chi connectivity index (χ4v) is 5.59. The molecule has 1 unspecified atom stereocenters. The average Bonchev–Trinajstić information content (AvgIpc) is 2.92. The van der Waals surface area contributed by atoms with Crippen molar-refractivity contribution >= 4 is 27.5 Å². The number of sulfonamides is 1. The van der Waals surface area contributed by atoms with E-state index >= 15 is 0 Å². The van der Waals surface area contributed by atoms with Crippen molar-refractivity contribution in [2.24, 2.45) is 0 Å². The van der Waals surface area contributed by atoms with E-state index in [9.17, 15) is 18.0 Å². The van der Waals surface area contributed by atoms with Crippen molar-refractivity contribution in [3.63, 3.8) is 0 Å². The van der Waals surface area contributed by atoms with E-state index in [0.717, 1.165) is 28.7 Å². The quantitative estimate of drug-likeness (QED) is 0.340. The Balaban J connectivity index is 1.83. The topological polar surface area (TPSA) is 86.8 Å². The summed E-state index contributed by atoms with van der Waals surface area (Å²) in [5.41, 5.74) is 4.64. The van der Waals surface area contributed by atoms with Gasteiger partial charge in [0.1, 0.15) is 6.04 Å². The number of hydrogen-bond donors (Lipinski definition) is 1. The van der Waals surface area contributed by atoms with Crippen LogP contribution in [0, 0.1) is 6.92 Å². The summed E-state index contributed by atoms with van der Waals surface area (Å²) in [6.07, 6.45) is 2.83. The molecule has 1 atom stereocenters. The molecule has 0 aliphatic carbocycles. The van der Waals surface area contributed by atoms with Gasteiger partial charge >= 0.3 is 0 Å². The summed E-state index contributed by atoms with van der Waals surface area (Å²) in [5, 5.41) is 2.72. The minimum Gasteiger partial charge on any atom is -0.357 e. The summed E-state index contributed by atoms with van der Waals surface area (Å²) in [6.45, 7) is 4.47. The number of nitrogens with zero attached hydrogens (tertiary/aromatic N) is 2. The van der Waals surface area contributed by atoms with Gasteiger partial charge in [0.25, 0.3) is 0 Å². The van der Waals surface area contributed by atoms with E-state index in [1.165, 1.54) is 10.6 Å². The van der Waals surface area contributed by atoms with E-state index in [2.05, 4.69) is 5.32 Å². The van der Waals surface area contributed by atoms with Gasteiger partial charge in [-0.1, -0.05) is 79.2 Å². The van der Waals surface area contributed by atoms with Crippen molar-refractivity contribution in [2.45, 2.75) is 52.1 Å². The van der Waals surface area contributed by atoms with E-state index in [0.29, 0.717) is 18.5 Å². The Morgan fingerprint density at radius 1 is 0.897 bits per heavy atom. The van der Waals surface area contributed by atoms with Crippen LogP contribution in [0.1, 0.15) is 42.0 Å². The Kier molecular flexibility index (Phi) is 10.7. The summed E-state index contributed by atoms with van der Waals surface area (Å²) in [5.74, 6) is -0.440. The van der Waals surface area contributed by atoms with Crippen LogP contribution < -0.4 is 9.62 Å². The van der Waals surface area contributed by atoms with Gasteiger partial charge in [-0.25, -0.2) is 8.42 Å². The van der Waals surface area contributed by atoms with Gasteiger partial charge in [0.05, 0.1) is 11.9 Å². The Morgan fingerprint density at radius 2 is 1.56 bits per heavy atom. The minimum absolute atomic E-state index is 0.104. The van der Waals surface area contributed by atoms with E-state index < -0.39 is 16.1 Å². The molecule has 0 fully saturated rings. The lowest BCUT2D eigenvalue weighted by atomic mass is 10.0. The van der Waals surface area contributed by atoms with Gasteiger partial charge in [-0.15, -0.1) is 0 Å². The maximum atomic E-state index is 13.7. The monoisotopic (exact) mass is 549 g/mol. The molecular formula is C31H39N3O4S. The van der Waals surface area contributed by atoms with Crippen LogP contribution in [-0.2, 0) is 39.0 Å². The van der Waals surface area contributed by atoms with E-state index in [4.69, 9.17) is 0 Å². The first-order valence-corrected chi connectivity index (χ1v) is 15.1. The molecule has 0 spiro atoms. The zero-order valence-electron chi connectivity index (χ0n) is 23.3. The van der Waals surface area contributed by atoms with Crippen LogP contribution in [0.15, 0.2) is 78.9 Å². The van der Waals surface area contributed by atoms with Gasteiger partial charge in [0, 0.05) is 33.0 Å². The largest absolute Gasteiger partial charge is 0.357 e. The standard InChI is InChI=1S/C31H39N3O4S/c1-5-25-16-18-28(19-17-25)34(39(4,37)38)20-10-15-30(35)33(23-27-14-9-11-24(2)21-27)29(31(36)32-3)22-26-12-7-6-8-13-26/h6-9,11-14,16-19,21,29H,5,10,15,20,22-23H2,1-4H3,(H,32,36). The molecular weight excluding hydrogens is 510 g/mol. The minimum atomic E-state index is -3.54. The molecule has 0 saturated carbocycles. The lowest BCUT2D eigenvalue weighted by molar-refractivity contribution is -0.141. The summed E-state index contributed by atoms with van der Waals surface area (Å²) in [7, 11) is -1.97. The highest BCUT2D eigenvalue weighted by atomic mass is 32.2. The second kappa shape index (κ2) is 13.9. The third-order valence-corrected chi connectivity index (χ3v) is 7.93. The first-order chi connectivity index (χ1) is 18.6. The number of amides is 2. The molecule has 0 bridgehead atoms. The Labute approximate surface area is 232 Å². The van der Waals surface area contributed by atoms with Gasteiger partial charge in [-0.3, -0.25) is 13.9 Å². The second-order valence-corrected chi connectivity index (χ2v) is 11.7. The summed E-state index contributed by atoms with van der Waals surface area (Å²) < 4.78 is 26.5. The normalized spacial score (nSPS) is 12.0. The highest BCUT2D eigenvalue weighted by Crippen LogP contribution is 2.21. The van der Waals surface area contributed by atoms with Crippen molar-refractivity contribution < 1.29 is 18.0 Å². The SMILES string of the molecule is CCc1ccc(N(CCCC(=O)N(Cc2cccc(C)c2)C(Cc2ccccc2)C(=O)NC)S(C)(=O)=O)cc1. The van der Waals surface area contributed by atoms with Gasteiger partial charge in [-0.2, -0.15) is 0 Å². The van der Waals surface area contributed by atoms with Gasteiger partial charge < -0.3 is 10.2 Å². The molecule has 2 amide bonds. The molecule has 1 N–H and O–H groups in total. The predicted octanol–water partition coefficient (Wildman–Crippen LogP) is 4.49. The first-order valence-electron chi connectivity index (χ1n) is 13.3. The number of carbonyl (C=O) groups is 2. The number of carbonyl (C=O) groups excluding carboxylic acids is 2. The molecule has 39 heavy (non-hydrogen) atoms. The van der Waals surface area contributed by atoms with Gasteiger partial charge in [0.15, 0.2) is 0 Å². The van der Waals surface area contributed by atoms with Crippen LogP contribution in [-0.4, -0.2) is 51.0 Å². The molecule has 0 aromatic heterocycles. The van der Waals surface area contributed by atoms with Crippen LogP contribution in [0.25, 0.3) is 0 Å². The van der Waals surface area contributed by atoms with Crippen LogP contribution in [0.2, 0.25) is 0 Å². The number of benzene rings is 3. The fourth-order valence-electron chi connectivity index (χ4n) is 4.63. The fraction of sp³-hybridized carbons (Fsp3) is 0.355.